The van der Waals surface area contributed by atoms with Crippen LogP contribution < -0.4 is 10.6 Å². The van der Waals surface area contributed by atoms with E-state index in [4.69, 9.17) is 16.7 Å². The number of carbonyl (C=O) groups is 3. The largest absolute Gasteiger partial charge is 0.478 e. The molecule has 0 spiro atoms. The molecule has 2 aromatic carbocycles. The summed E-state index contributed by atoms with van der Waals surface area (Å²) in [5.74, 6) is -2.60. The average molecular weight is 459 g/mol. The predicted octanol–water partition coefficient (Wildman–Crippen LogP) is 4.67. The van der Waals surface area contributed by atoms with E-state index in [2.05, 4.69) is 10.6 Å². The lowest BCUT2D eigenvalue weighted by atomic mass is 10.2. The van der Waals surface area contributed by atoms with E-state index in [1.807, 2.05) is 0 Å². The van der Waals surface area contributed by atoms with Crippen LogP contribution >= 0.6 is 23.4 Å². The van der Waals surface area contributed by atoms with Crippen molar-refractivity contribution in [3.63, 3.8) is 0 Å². The lowest BCUT2D eigenvalue weighted by Crippen LogP contribution is -2.15. The van der Waals surface area contributed by atoms with Gasteiger partial charge in [-0.15, -0.1) is 11.8 Å². The Labute approximate surface area is 178 Å². The Balaban J connectivity index is 1.97. The van der Waals surface area contributed by atoms with Crippen molar-refractivity contribution in [2.75, 3.05) is 16.4 Å². The second kappa shape index (κ2) is 10.2. The molecule has 3 N–H and O–H groups in total. The Morgan fingerprint density at radius 3 is 2.47 bits per heavy atom. The van der Waals surface area contributed by atoms with Crippen molar-refractivity contribution < 1.29 is 32.7 Å². The van der Waals surface area contributed by atoms with Gasteiger partial charge in [0.25, 0.3) is 0 Å². The highest BCUT2D eigenvalue weighted by Gasteiger charge is 2.31. The maximum atomic E-state index is 12.8. The quantitative estimate of drug-likeness (QED) is 0.414. The van der Waals surface area contributed by atoms with Crippen LogP contribution in [0.3, 0.4) is 0 Å². The third-order valence-corrected chi connectivity index (χ3v) is 4.74. The normalized spacial score (nSPS) is 11.3. The summed E-state index contributed by atoms with van der Waals surface area (Å²) < 4.78 is 38.4. The van der Waals surface area contributed by atoms with Gasteiger partial charge in [-0.2, -0.15) is 13.2 Å². The van der Waals surface area contributed by atoms with E-state index in [0.717, 1.165) is 36.0 Å². The topological polar surface area (TPSA) is 95.5 Å². The van der Waals surface area contributed by atoms with E-state index < -0.39 is 29.5 Å². The van der Waals surface area contributed by atoms with Crippen molar-refractivity contribution in [2.24, 2.45) is 0 Å². The first kappa shape index (κ1) is 23.3. The Morgan fingerprint density at radius 2 is 1.80 bits per heavy atom. The van der Waals surface area contributed by atoms with Crippen LogP contribution in [0.25, 0.3) is 0 Å². The summed E-state index contributed by atoms with van der Waals surface area (Å²) in [6.07, 6.45) is -3.02. The van der Waals surface area contributed by atoms with Gasteiger partial charge in [0.05, 0.1) is 22.0 Å². The van der Waals surface area contributed by atoms with Crippen molar-refractivity contribution in [1.82, 2.24) is 0 Å². The molecule has 2 amide bonds. The standard InChI is InChI=1S/C19H14ClF3N2O4S/c20-14-5-4-11(19(21,22)23)8-15(14)25-17(27)10-30-13-3-1-2-12(9-13)24-16(26)6-7-18(28)29/h1-9H,10H2,(H,24,26)(H,25,27)(H,28,29)/b7-6+. The summed E-state index contributed by atoms with van der Waals surface area (Å²) in [4.78, 5) is 34.7. The van der Waals surface area contributed by atoms with Crippen LogP contribution in [0.5, 0.6) is 0 Å². The number of carbonyl (C=O) groups excluding carboxylic acids is 2. The first-order chi connectivity index (χ1) is 14.0. The molecule has 2 aromatic rings. The monoisotopic (exact) mass is 458 g/mol. The van der Waals surface area contributed by atoms with E-state index >= 15 is 0 Å². The van der Waals surface area contributed by atoms with Crippen LogP contribution in [0, 0.1) is 0 Å². The van der Waals surface area contributed by atoms with E-state index in [1.54, 1.807) is 24.3 Å². The second-order valence-corrected chi connectivity index (χ2v) is 7.17. The molecule has 0 saturated heterocycles. The second-order valence-electron chi connectivity index (χ2n) is 5.72. The first-order valence-electron chi connectivity index (χ1n) is 8.16. The Morgan fingerprint density at radius 1 is 1.07 bits per heavy atom. The van der Waals surface area contributed by atoms with E-state index in [0.29, 0.717) is 16.7 Å². The van der Waals surface area contributed by atoms with Gasteiger partial charge in [0, 0.05) is 22.7 Å². The zero-order valence-corrected chi connectivity index (χ0v) is 16.6. The van der Waals surface area contributed by atoms with Gasteiger partial charge >= 0.3 is 12.1 Å². The van der Waals surface area contributed by atoms with Crippen LogP contribution in [0.4, 0.5) is 24.5 Å². The molecule has 30 heavy (non-hydrogen) atoms. The SMILES string of the molecule is O=C(O)/C=C/C(=O)Nc1cccc(SCC(=O)Nc2cc(C(F)(F)F)ccc2Cl)c1. The summed E-state index contributed by atoms with van der Waals surface area (Å²) >= 11 is 6.93. The number of alkyl halides is 3. The van der Waals surface area contributed by atoms with Gasteiger partial charge in [0.2, 0.25) is 11.8 Å². The van der Waals surface area contributed by atoms with E-state index in [1.165, 1.54) is 0 Å². The Hall–Kier alpha value is -2.98. The summed E-state index contributed by atoms with van der Waals surface area (Å²) in [6.45, 7) is 0. The molecule has 0 atom stereocenters. The molecule has 0 bridgehead atoms. The van der Waals surface area contributed by atoms with Crippen molar-refractivity contribution in [3.05, 3.63) is 65.2 Å². The van der Waals surface area contributed by atoms with Crippen molar-refractivity contribution in [3.8, 4) is 0 Å². The number of anilines is 2. The molecule has 0 saturated carbocycles. The fraction of sp³-hybridized carbons (Fsp3) is 0.105. The zero-order chi connectivity index (χ0) is 22.3. The number of aliphatic carboxylic acids is 1. The smallest absolute Gasteiger partial charge is 0.416 e. The first-order valence-corrected chi connectivity index (χ1v) is 9.52. The van der Waals surface area contributed by atoms with Gasteiger partial charge in [-0.3, -0.25) is 9.59 Å². The molecule has 158 valence electrons. The number of benzene rings is 2. The number of thioether (sulfide) groups is 1. The van der Waals surface area contributed by atoms with Crippen molar-refractivity contribution in [1.29, 1.82) is 0 Å². The molecule has 0 aliphatic rings. The fourth-order valence-corrected chi connectivity index (χ4v) is 3.05. The van der Waals surface area contributed by atoms with Gasteiger partial charge in [-0.05, 0) is 36.4 Å². The number of hydrogen-bond acceptors (Lipinski definition) is 4. The maximum Gasteiger partial charge on any atom is 0.416 e. The van der Waals surface area contributed by atoms with E-state index in [-0.39, 0.29) is 16.5 Å². The van der Waals surface area contributed by atoms with Crippen LogP contribution in [0.2, 0.25) is 5.02 Å². The highest BCUT2D eigenvalue weighted by Crippen LogP contribution is 2.34. The minimum absolute atomic E-state index is 0.0273. The summed E-state index contributed by atoms with van der Waals surface area (Å²) in [7, 11) is 0. The lowest BCUT2D eigenvalue weighted by Gasteiger charge is -2.11. The van der Waals surface area contributed by atoms with Crippen LogP contribution in [-0.4, -0.2) is 28.6 Å². The molecule has 0 heterocycles. The van der Waals surface area contributed by atoms with Crippen molar-refractivity contribution in [2.45, 2.75) is 11.1 Å². The van der Waals surface area contributed by atoms with Crippen LogP contribution in [-0.2, 0) is 20.6 Å². The number of nitrogens with one attached hydrogen (secondary N) is 2. The number of rotatable bonds is 7. The minimum atomic E-state index is -4.57. The Bertz CT molecular complexity index is 996. The fourth-order valence-electron chi connectivity index (χ4n) is 2.13. The molecule has 0 radical (unpaired) electrons. The maximum absolute atomic E-state index is 12.8. The molecule has 0 unspecified atom stereocenters. The highest BCUT2D eigenvalue weighted by atomic mass is 35.5. The number of carboxylic acids is 1. The zero-order valence-electron chi connectivity index (χ0n) is 15.0. The summed E-state index contributed by atoms with van der Waals surface area (Å²) in [5.41, 5.74) is -0.708. The van der Waals surface area contributed by atoms with Gasteiger partial charge in [-0.25, -0.2) is 4.79 Å². The third kappa shape index (κ3) is 7.45. The van der Waals surface area contributed by atoms with Crippen LogP contribution in [0.15, 0.2) is 59.5 Å². The molecule has 0 fully saturated rings. The predicted molar refractivity (Wildman–Crippen MR) is 108 cm³/mol. The summed E-state index contributed by atoms with van der Waals surface area (Å²) in [5, 5.41) is 13.3. The molecule has 0 aromatic heterocycles. The van der Waals surface area contributed by atoms with Gasteiger partial charge in [-0.1, -0.05) is 17.7 Å². The molecule has 11 heteroatoms. The third-order valence-electron chi connectivity index (χ3n) is 3.42. The van der Waals surface area contributed by atoms with Gasteiger partial charge < -0.3 is 15.7 Å². The van der Waals surface area contributed by atoms with E-state index in [9.17, 15) is 27.6 Å². The molecule has 0 aliphatic carbocycles. The molecule has 6 nitrogen and oxygen atoms in total. The number of carboxylic acid groups (broad SMARTS) is 1. The molecule has 0 aliphatic heterocycles. The Kier molecular flexibility index (Phi) is 7.90. The van der Waals surface area contributed by atoms with Gasteiger partial charge in [0.15, 0.2) is 0 Å². The number of amides is 2. The average Bonchev–Trinajstić information content (AvgIpc) is 2.66. The summed E-state index contributed by atoms with van der Waals surface area (Å²) in [6, 6.07) is 9.03. The molecule has 2 rings (SSSR count). The molecular weight excluding hydrogens is 445 g/mol. The highest BCUT2D eigenvalue weighted by molar-refractivity contribution is 8.00. The van der Waals surface area contributed by atoms with Gasteiger partial charge in [0.1, 0.15) is 0 Å². The number of hydrogen-bond donors (Lipinski definition) is 3. The minimum Gasteiger partial charge on any atom is -0.478 e. The van der Waals surface area contributed by atoms with Crippen LogP contribution in [0.1, 0.15) is 5.56 Å². The molecular formula is C19H14ClF3N2O4S. The lowest BCUT2D eigenvalue weighted by molar-refractivity contribution is -0.137. The number of halogens is 4. The van der Waals surface area contributed by atoms with Crippen molar-refractivity contribution >= 4 is 52.5 Å².